The van der Waals surface area contributed by atoms with Gasteiger partial charge in [-0.25, -0.2) is 0 Å². The zero-order chi connectivity index (χ0) is 14.4. The molecular weight excluding hydrogens is 267 g/mol. The van der Waals surface area contributed by atoms with Crippen LogP contribution in [-0.4, -0.2) is 17.2 Å². The van der Waals surface area contributed by atoms with Crippen LogP contribution in [0.5, 0.6) is 0 Å². The summed E-state index contributed by atoms with van der Waals surface area (Å²) in [4.78, 5) is 0. The minimum Gasteiger partial charge on any atom is -0.423 e. The normalized spacial score (nSPS) is 11.2. The first-order chi connectivity index (χ1) is 9.70. The molecule has 0 atom stereocenters. The van der Waals surface area contributed by atoms with Gasteiger partial charge in [0.15, 0.2) is 0 Å². The zero-order valence-electron chi connectivity index (χ0n) is 12.1. The Morgan fingerprint density at radius 1 is 1.00 bits per heavy atom. The highest BCUT2D eigenvalue weighted by molar-refractivity contribution is 7.27. The van der Waals surface area contributed by atoms with Gasteiger partial charge in [0, 0.05) is 9.48 Å². The fourth-order valence-corrected chi connectivity index (χ4v) is 3.49. The Morgan fingerprint density at radius 2 is 1.75 bits per heavy atom. The molecule has 2 rings (SSSR count). The van der Waals surface area contributed by atoms with Gasteiger partial charge in [-0.1, -0.05) is 51.2 Å². The van der Waals surface area contributed by atoms with Crippen LogP contribution < -0.4 is 4.78 Å². The van der Waals surface area contributed by atoms with Crippen LogP contribution in [-0.2, 0) is 6.42 Å². The second-order valence-corrected chi connectivity index (χ2v) is 6.53. The molecule has 0 bridgehead atoms. The molecule has 108 valence electrons. The molecule has 0 saturated heterocycles. The van der Waals surface area contributed by atoms with E-state index in [-0.39, 0.29) is 0 Å². The van der Waals surface area contributed by atoms with Crippen molar-refractivity contribution in [2.75, 3.05) is 0 Å². The summed E-state index contributed by atoms with van der Waals surface area (Å²) in [5.41, 5.74) is 1.36. The summed E-state index contributed by atoms with van der Waals surface area (Å²) < 4.78 is 1.77. The van der Waals surface area contributed by atoms with E-state index in [9.17, 15) is 10.0 Å². The Bertz CT molecular complexity index is 536. The number of benzene rings is 1. The van der Waals surface area contributed by atoms with E-state index in [1.807, 2.05) is 6.07 Å². The van der Waals surface area contributed by atoms with E-state index in [0.29, 0.717) is 4.78 Å². The zero-order valence-corrected chi connectivity index (χ0v) is 13.0. The lowest BCUT2D eigenvalue weighted by Gasteiger charge is -2.02. The summed E-state index contributed by atoms with van der Waals surface area (Å²) in [5, 5.41) is 19.5. The SMILES string of the molecule is CCCCCCCCc1ccc2cc(B(O)O)sc2c1. The summed E-state index contributed by atoms with van der Waals surface area (Å²) in [6, 6.07) is 8.30. The Balaban J connectivity index is 1.87. The average molecular weight is 290 g/mol. The van der Waals surface area contributed by atoms with Crippen molar-refractivity contribution in [3.05, 3.63) is 29.8 Å². The molecule has 2 nitrogen and oxygen atoms in total. The first-order valence-corrected chi connectivity index (χ1v) is 8.41. The highest BCUT2D eigenvalue weighted by atomic mass is 32.1. The summed E-state index contributed by atoms with van der Waals surface area (Å²) >= 11 is 1.47. The number of unbranched alkanes of at least 4 members (excludes halogenated alkanes) is 5. The fraction of sp³-hybridized carbons (Fsp3) is 0.500. The molecule has 2 N–H and O–H groups in total. The second-order valence-electron chi connectivity index (χ2n) is 5.41. The van der Waals surface area contributed by atoms with E-state index in [2.05, 4.69) is 25.1 Å². The van der Waals surface area contributed by atoms with Crippen LogP contribution in [0.3, 0.4) is 0 Å². The summed E-state index contributed by atoms with van der Waals surface area (Å²) in [6.45, 7) is 2.24. The molecule has 0 unspecified atom stereocenters. The fourth-order valence-electron chi connectivity index (χ4n) is 2.49. The van der Waals surface area contributed by atoms with E-state index < -0.39 is 7.12 Å². The Hall–Kier alpha value is -0.835. The number of rotatable bonds is 8. The van der Waals surface area contributed by atoms with Crippen LogP contribution >= 0.6 is 11.3 Å². The van der Waals surface area contributed by atoms with E-state index in [0.717, 1.165) is 16.5 Å². The summed E-state index contributed by atoms with van der Waals surface area (Å²) in [5.74, 6) is 0. The maximum Gasteiger partial charge on any atom is 0.499 e. The number of aryl methyl sites for hydroxylation is 1. The molecule has 1 aromatic carbocycles. The van der Waals surface area contributed by atoms with Crippen LogP contribution in [0.1, 0.15) is 51.0 Å². The lowest BCUT2D eigenvalue weighted by atomic mass is 9.89. The van der Waals surface area contributed by atoms with Crippen molar-refractivity contribution in [1.29, 1.82) is 0 Å². The van der Waals surface area contributed by atoms with Gasteiger partial charge in [-0.3, -0.25) is 0 Å². The largest absolute Gasteiger partial charge is 0.499 e. The van der Waals surface area contributed by atoms with Crippen molar-refractivity contribution < 1.29 is 10.0 Å². The van der Waals surface area contributed by atoms with Gasteiger partial charge in [-0.05, 0) is 35.9 Å². The number of fused-ring (bicyclic) bond motifs is 1. The molecular formula is C16H23BO2S. The van der Waals surface area contributed by atoms with Gasteiger partial charge in [0.25, 0.3) is 0 Å². The molecule has 0 spiro atoms. The van der Waals surface area contributed by atoms with Crippen LogP contribution in [0.15, 0.2) is 24.3 Å². The molecule has 4 heteroatoms. The lowest BCUT2D eigenvalue weighted by molar-refractivity contribution is 0.427. The molecule has 0 saturated carbocycles. The van der Waals surface area contributed by atoms with Crippen molar-refractivity contribution in [3.8, 4) is 0 Å². The van der Waals surface area contributed by atoms with Crippen LogP contribution in [0.2, 0.25) is 0 Å². The Labute approximate surface area is 125 Å². The first kappa shape index (κ1) is 15.6. The second kappa shape index (κ2) is 7.82. The van der Waals surface area contributed by atoms with Crippen molar-refractivity contribution in [2.24, 2.45) is 0 Å². The molecule has 0 aliphatic carbocycles. The number of hydrogen-bond donors (Lipinski definition) is 2. The average Bonchev–Trinajstić information content (AvgIpc) is 2.86. The minimum absolute atomic E-state index is 0.622. The van der Waals surface area contributed by atoms with Gasteiger partial charge in [0.1, 0.15) is 0 Å². The monoisotopic (exact) mass is 290 g/mol. The molecule has 2 aromatic rings. The Kier molecular flexibility index (Phi) is 6.08. The molecule has 0 aliphatic rings. The van der Waals surface area contributed by atoms with Gasteiger partial charge < -0.3 is 10.0 Å². The molecule has 0 radical (unpaired) electrons. The van der Waals surface area contributed by atoms with E-state index in [4.69, 9.17) is 0 Å². The third kappa shape index (κ3) is 4.34. The third-order valence-electron chi connectivity index (χ3n) is 3.68. The Morgan fingerprint density at radius 3 is 2.50 bits per heavy atom. The van der Waals surface area contributed by atoms with Crippen LogP contribution in [0.4, 0.5) is 0 Å². The van der Waals surface area contributed by atoms with Crippen LogP contribution in [0, 0.1) is 0 Å². The number of thiophene rings is 1. The molecule has 1 aromatic heterocycles. The quantitative estimate of drug-likeness (QED) is 0.577. The highest BCUT2D eigenvalue weighted by Crippen LogP contribution is 2.22. The maximum absolute atomic E-state index is 9.20. The van der Waals surface area contributed by atoms with Crippen molar-refractivity contribution >= 4 is 33.3 Å². The van der Waals surface area contributed by atoms with Gasteiger partial charge in [-0.2, -0.15) is 0 Å². The van der Waals surface area contributed by atoms with E-state index >= 15 is 0 Å². The summed E-state index contributed by atoms with van der Waals surface area (Å²) in [7, 11) is -1.35. The van der Waals surface area contributed by atoms with Gasteiger partial charge >= 0.3 is 7.12 Å². The molecule has 20 heavy (non-hydrogen) atoms. The number of hydrogen-bond acceptors (Lipinski definition) is 3. The van der Waals surface area contributed by atoms with Crippen molar-refractivity contribution in [3.63, 3.8) is 0 Å². The van der Waals surface area contributed by atoms with Crippen molar-refractivity contribution in [1.82, 2.24) is 0 Å². The van der Waals surface area contributed by atoms with E-state index in [1.54, 1.807) is 0 Å². The van der Waals surface area contributed by atoms with Gasteiger partial charge in [0.05, 0.1) is 0 Å². The van der Waals surface area contributed by atoms with E-state index in [1.165, 1.54) is 55.4 Å². The standard InChI is InChI=1S/C16H23BO2S/c1-2-3-4-5-6-7-8-13-9-10-14-12-16(17(18)19)20-15(14)11-13/h9-12,18-19H,2-8H2,1H3. The van der Waals surface area contributed by atoms with Gasteiger partial charge in [-0.15, -0.1) is 11.3 Å². The first-order valence-electron chi connectivity index (χ1n) is 7.59. The smallest absolute Gasteiger partial charge is 0.423 e. The van der Waals surface area contributed by atoms with Gasteiger partial charge in [0.2, 0.25) is 0 Å². The predicted octanol–water partition coefficient (Wildman–Crippen LogP) is 3.48. The molecule has 0 amide bonds. The van der Waals surface area contributed by atoms with Crippen LogP contribution in [0.25, 0.3) is 10.1 Å². The predicted molar refractivity (Wildman–Crippen MR) is 88.7 cm³/mol. The third-order valence-corrected chi connectivity index (χ3v) is 4.81. The lowest BCUT2D eigenvalue weighted by Crippen LogP contribution is -2.26. The summed E-state index contributed by atoms with van der Waals surface area (Å²) in [6.07, 6.45) is 9.03. The maximum atomic E-state index is 9.20. The molecule has 0 fully saturated rings. The van der Waals surface area contributed by atoms with Crippen molar-refractivity contribution in [2.45, 2.75) is 51.9 Å². The topological polar surface area (TPSA) is 40.5 Å². The molecule has 1 heterocycles. The highest BCUT2D eigenvalue weighted by Gasteiger charge is 2.14. The molecule has 0 aliphatic heterocycles. The minimum atomic E-state index is -1.35.